The lowest BCUT2D eigenvalue weighted by Crippen LogP contribution is -2.33. The van der Waals surface area contributed by atoms with Crippen molar-refractivity contribution in [3.8, 4) is 5.88 Å². The molecule has 0 spiro atoms. The van der Waals surface area contributed by atoms with E-state index >= 15 is 0 Å². The molecule has 0 amide bonds. The number of fused-ring (bicyclic) bond motifs is 1. The molecule has 1 fully saturated rings. The molecule has 1 aliphatic rings. The Hall–Kier alpha value is -1.88. The zero-order valence-corrected chi connectivity index (χ0v) is 10.9. The van der Waals surface area contributed by atoms with E-state index in [2.05, 4.69) is 14.9 Å². The first-order valence-corrected chi connectivity index (χ1v) is 6.51. The molecule has 1 aliphatic heterocycles. The lowest BCUT2D eigenvalue weighted by molar-refractivity contribution is 0.265. The van der Waals surface area contributed by atoms with Crippen molar-refractivity contribution in [2.75, 3.05) is 25.2 Å². The molecule has 0 bridgehead atoms. The third kappa shape index (κ3) is 2.10. The number of nitrogens with zero attached hydrogens (tertiary/aromatic N) is 3. The van der Waals surface area contributed by atoms with Gasteiger partial charge in [-0.15, -0.1) is 0 Å². The number of para-hydroxylation sites is 2. The lowest BCUT2D eigenvalue weighted by Gasteiger charge is -2.25. The molecule has 5 nitrogen and oxygen atoms in total. The molecular formula is C14H17N3O2. The maximum absolute atomic E-state index is 9.44. The van der Waals surface area contributed by atoms with Crippen molar-refractivity contribution in [1.29, 1.82) is 0 Å². The smallest absolute Gasteiger partial charge is 0.257 e. The zero-order chi connectivity index (χ0) is 13.2. The van der Waals surface area contributed by atoms with Crippen LogP contribution >= 0.6 is 0 Å². The molecule has 5 heteroatoms. The topological polar surface area (TPSA) is 58.5 Å². The van der Waals surface area contributed by atoms with E-state index in [1.807, 2.05) is 24.3 Å². The van der Waals surface area contributed by atoms with E-state index in [-0.39, 0.29) is 12.6 Å². The first-order chi connectivity index (χ1) is 9.33. The monoisotopic (exact) mass is 259 g/mol. The third-order valence-electron chi connectivity index (χ3n) is 3.57. The van der Waals surface area contributed by atoms with Crippen LogP contribution in [0.3, 0.4) is 0 Å². The molecule has 1 N–H and O–H groups in total. The number of hydrogen-bond donors (Lipinski definition) is 1. The minimum Gasteiger partial charge on any atom is -0.478 e. The normalized spacial score (nSPS) is 19.1. The van der Waals surface area contributed by atoms with Gasteiger partial charge in [-0.3, -0.25) is 0 Å². The van der Waals surface area contributed by atoms with E-state index in [4.69, 9.17) is 4.74 Å². The molecule has 0 saturated carbocycles. The van der Waals surface area contributed by atoms with Gasteiger partial charge in [0.1, 0.15) is 0 Å². The number of anilines is 1. The molecule has 1 atom stereocenters. The van der Waals surface area contributed by atoms with E-state index in [0.29, 0.717) is 5.88 Å². The van der Waals surface area contributed by atoms with Gasteiger partial charge < -0.3 is 14.7 Å². The quantitative estimate of drug-likeness (QED) is 0.907. The van der Waals surface area contributed by atoms with E-state index in [0.717, 1.165) is 36.2 Å². The molecule has 100 valence electrons. The first-order valence-electron chi connectivity index (χ1n) is 6.51. The summed E-state index contributed by atoms with van der Waals surface area (Å²) in [5.74, 6) is 1.26. The summed E-state index contributed by atoms with van der Waals surface area (Å²) in [6, 6.07) is 7.85. The first kappa shape index (κ1) is 12.2. The minimum atomic E-state index is 0.115. The highest BCUT2D eigenvalue weighted by Gasteiger charge is 2.28. The summed E-state index contributed by atoms with van der Waals surface area (Å²) in [6.07, 6.45) is 2.04. The molecule has 3 rings (SSSR count). The van der Waals surface area contributed by atoms with Gasteiger partial charge >= 0.3 is 0 Å². The molecule has 1 saturated heterocycles. The summed E-state index contributed by atoms with van der Waals surface area (Å²) < 4.78 is 5.36. The summed E-state index contributed by atoms with van der Waals surface area (Å²) in [6.45, 7) is 1.02. The van der Waals surface area contributed by atoms with E-state index < -0.39 is 0 Å². The molecule has 0 aliphatic carbocycles. The maximum atomic E-state index is 9.44. The standard InChI is InChI=1S/C14H17N3O2/c1-19-14-13(17-8-4-5-10(17)9-18)15-11-6-2-3-7-12(11)16-14/h2-3,6-7,10,18H,4-5,8-9H2,1H3/t10-/m1/s1. The van der Waals surface area contributed by atoms with E-state index in [1.165, 1.54) is 0 Å². The Balaban J connectivity index is 2.10. The predicted octanol–water partition coefficient (Wildman–Crippen LogP) is 1.60. The second-order valence-electron chi connectivity index (χ2n) is 4.72. The minimum absolute atomic E-state index is 0.115. The highest BCUT2D eigenvalue weighted by atomic mass is 16.5. The number of rotatable bonds is 3. The Labute approximate surface area is 111 Å². The van der Waals surface area contributed by atoms with Gasteiger partial charge in [0.25, 0.3) is 5.88 Å². The number of hydrogen-bond acceptors (Lipinski definition) is 5. The summed E-state index contributed by atoms with van der Waals surface area (Å²) in [5, 5.41) is 9.44. The van der Waals surface area contributed by atoms with Crippen LogP contribution in [0, 0.1) is 0 Å². The van der Waals surface area contributed by atoms with Crippen molar-refractivity contribution < 1.29 is 9.84 Å². The number of methoxy groups -OCH3 is 1. The van der Waals surface area contributed by atoms with Gasteiger partial charge in [-0.1, -0.05) is 12.1 Å². The highest BCUT2D eigenvalue weighted by Crippen LogP contribution is 2.31. The summed E-state index contributed by atoms with van der Waals surface area (Å²) in [4.78, 5) is 11.2. The molecule has 1 aromatic carbocycles. The van der Waals surface area contributed by atoms with Crippen LogP contribution in [0.1, 0.15) is 12.8 Å². The molecule has 19 heavy (non-hydrogen) atoms. The summed E-state index contributed by atoms with van der Waals surface area (Å²) in [7, 11) is 1.60. The van der Waals surface area contributed by atoms with Crippen molar-refractivity contribution in [3.63, 3.8) is 0 Å². The average Bonchev–Trinajstić information content (AvgIpc) is 2.94. The Kier molecular flexibility index (Phi) is 3.21. The molecular weight excluding hydrogens is 242 g/mol. The van der Waals surface area contributed by atoms with Crippen LogP contribution in [0.4, 0.5) is 5.82 Å². The van der Waals surface area contributed by atoms with Gasteiger partial charge in [0.05, 0.1) is 30.8 Å². The second kappa shape index (κ2) is 5.01. The zero-order valence-electron chi connectivity index (χ0n) is 10.9. The Morgan fingerprint density at radius 3 is 2.74 bits per heavy atom. The van der Waals surface area contributed by atoms with Crippen LogP contribution in [0.25, 0.3) is 11.0 Å². The van der Waals surface area contributed by atoms with Gasteiger partial charge in [-0.2, -0.15) is 0 Å². The molecule has 0 unspecified atom stereocenters. The largest absolute Gasteiger partial charge is 0.478 e. The van der Waals surface area contributed by atoms with Crippen molar-refractivity contribution in [3.05, 3.63) is 24.3 Å². The van der Waals surface area contributed by atoms with E-state index in [1.54, 1.807) is 7.11 Å². The number of aromatic nitrogens is 2. The number of ether oxygens (including phenoxy) is 1. The van der Waals surface area contributed by atoms with Crippen molar-refractivity contribution >= 4 is 16.9 Å². The van der Waals surface area contributed by atoms with Crippen molar-refractivity contribution in [2.45, 2.75) is 18.9 Å². The molecule has 0 radical (unpaired) electrons. The van der Waals surface area contributed by atoms with Crippen LogP contribution in [-0.2, 0) is 0 Å². The molecule has 2 aromatic rings. The van der Waals surface area contributed by atoms with Gasteiger partial charge in [0.15, 0.2) is 5.82 Å². The van der Waals surface area contributed by atoms with Gasteiger partial charge in [-0.25, -0.2) is 9.97 Å². The van der Waals surface area contributed by atoms with Crippen LogP contribution in [-0.4, -0.2) is 41.4 Å². The maximum Gasteiger partial charge on any atom is 0.257 e. The molecule has 1 aromatic heterocycles. The summed E-state index contributed by atoms with van der Waals surface area (Å²) in [5.41, 5.74) is 1.67. The Morgan fingerprint density at radius 1 is 1.32 bits per heavy atom. The van der Waals surface area contributed by atoms with Crippen LogP contribution < -0.4 is 9.64 Å². The SMILES string of the molecule is COc1nc2ccccc2nc1N1CCC[C@@H]1CO. The van der Waals surface area contributed by atoms with Gasteiger partial charge in [0.2, 0.25) is 0 Å². The van der Waals surface area contributed by atoms with Crippen LogP contribution in [0.15, 0.2) is 24.3 Å². The van der Waals surface area contributed by atoms with Gasteiger partial charge in [-0.05, 0) is 25.0 Å². The van der Waals surface area contributed by atoms with Crippen LogP contribution in [0.2, 0.25) is 0 Å². The van der Waals surface area contributed by atoms with Crippen molar-refractivity contribution in [2.24, 2.45) is 0 Å². The highest BCUT2D eigenvalue weighted by molar-refractivity contribution is 5.77. The average molecular weight is 259 g/mol. The number of benzene rings is 1. The fraction of sp³-hybridized carbons (Fsp3) is 0.429. The number of aliphatic hydroxyl groups is 1. The summed E-state index contributed by atoms with van der Waals surface area (Å²) >= 11 is 0. The second-order valence-corrected chi connectivity index (χ2v) is 4.72. The lowest BCUT2D eigenvalue weighted by atomic mass is 10.2. The van der Waals surface area contributed by atoms with Crippen LogP contribution in [0.5, 0.6) is 5.88 Å². The number of aliphatic hydroxyl groups excluding tert-OH is 1. The third-order valence-corrected chi connectivity index (χ3v) is 3.57. The fourth-order valence-electron chi connectivity index (χ4n) is 2.60. The van der Waals surface area contributed by atoms with Gasteiger partial charge in [0, 0.05) is 6.54 Å². The fourth-order valence-corrected chi connectivity index (χ4v) is 2.60. The Bertz CT molecular complexity index is 588. The predicted molar refractivity (Wildman–Crippen MR) is 73.5 cm³/mol. The Morgan fingerprint density at radius 2 is 2.05 bits per heavy atom. The van der Waals surface area contributed by atoms with Crippen molar-refractivity contribution in [1.82, 2.24) is 9.97 Å². The van der Waals surface area contributed by atoms with E-state index in [9.17, 15) is 5.11 Å². The molecule has 2 heterocycles.